The summed E-state index contributed by atoms with van der Waals surface area (Å²) in [7, 11) is 0. The second-order valence-electron chi connectivity index (χ2n) is 9.33. The fraction of sp³-hybridized carbons (Fsp3) is 0.379. The van der Waals surface area contributed by atoms with E-state index in [9.17, 15) is 9.59 Å². The Labute approximate surface area is 218 Å². The molecule has 36 heavy (non-hydrogen) atoms. The van der Waals surface area contributed by atoms with Gasteiger partial charge in [0.2, 0.25) is 0 Å². The Morgan fingerprint density at radius 1 is 0.917 bits per heavy atom. The lowest BCUT2D eigenvalue weighted by Gasteiger charge is -2.25. The highest BCUT2D eigenvalue weighted by Crippen LogP contribution is 2.15. The van der Waals surface area contributed by atoms with Gasteiger partial charge in [0, 0.05) is 19.1 Å². The molecule has 1 heterocycles. The van der Waals surface area contributed by atoms with Crippen LogP contribution in [-0.2, 0) is 23.5 Å². The standard InChI is InChI=1S/C29H37N3O3S/c1-22(2)16-25(32-29(34)31-18-24-12-7-4-8-13-24)19-30-27(17-23-10-5-3-6-11-23)28(33)21-36-20-26-14-9-15-35-26/h3-15,22,25,27,30H,16-21H2,1-2H3,(H2,31,32,34). The van der Waals surface area contributed by atoms with Crippen molar-refractivity contribution < 1.29 is 14.0 Å². The van der Waals surface area contributed by atoms with Crippen molar-refractivity contribution in [3.05, 3.63) is 95.9 Å². The predicted octanol–water partition coefficient (Wildman–Crippen LogP) is 5.20. The maximum Gasteiger partial charge on any atom is 0.315 e. The summed E-state index contributed by atoms with van der Waals surface area (Å²) in [5.74, 6) is 2.47. The summed E-state index contributed by atoms with van der Waals surface area (Å²) in [5, 5.41) is 9.50. The van der Waals surface area contributed by atoms with Crippen LogP contribution in [0.2, 0.25) is 0 Å². The van der Waals surface area contributed by atoms with Gasteiger partial charge in [-0.3, -0.25) is 4.79 Å². The lowest BCUT2D eigenvalue weighted by atomic mass is 10.0. The Balaban J connectivity index is 1.56. The molecule has 0 aliphatic heterocycles. The van der Waals surface area contributed by atoms with Gasteiger partial charge < -0.3 is 20.4 Å². The first-order valence-corrected chi connectivity index (χ1v) is 13.6. The van der Waals surface area contributed by atoms with E-state index in [2.05, 4.69) is 29.8 Å². The number of ketones is 1. The Hall–Kier alpha value is -3.03. The van der Waals surface area contributed by atoms with E-state index < -0.39 is 0 Å². The molecule has 0 bridgehead atoms. The minimum Gasteiger partial charge on any atom is -0.468 e. The van der Waals surface area contributed by atoms with Crippen LogP contribution in [0.4, 0.5) is 4.79 Å². The summed E-state index contributed by atoms with van der Waals surface area (Å²) in [5.41, 5.74) is 2.15. The summed E-state index contributed by atoms with van der Waals surface area (Å²) < 4.78 is 5.38. The molecule has 2 unspecified atom stereocenters. The van der Waals surface area contributed by atoms with Gasteiger partial charge in [-0.2, -0.15) is 0 Å². The van der Waals surface area contributed by atoms with E-state index in [1.165, 1.54) is 0 Å². The molecule has 0 spiro atoms. The van der Waals surface area contributed by atoms with Crippen molar-refractivity contribution in [2.45, 2.75) is 51.1 Å². The van der Waals surface area contributed by atoms with Crippen molar-refractivity contribution >= 4 is 23.6 Å². The van der Waals surface area contributed by atoms with Crippen LogP contribution >= 0.6 is 11.8 Å². The van der Waals surface area contributed by atoms with Crippen molar-refractivity contribution in [3.8, 4) is 0 Å². The summed E-state index contributed by atoms with van der Waals surface area (Å²) >= 11 is 1.55. The smallest absolute Gasteiger partial charge is 0.315 e. The van der Waals surface area contributed by atoms with Crippen molar-refractivity contribution in [1.82, 2.24) is 16.0 Å². The number of carbonyl (C=O) groups excluding carboxylic acids is 2. The van der Waals surface area contributed by atoms with Gasteiger partial charge in [0.15, 0.2) is 5.78 Å². The van der Waals surface area contributed by atoms with Gasteiger partial charge in [-0.25, -0.2) is 4.79 Å². The minimum atomic E-state index is -0.333. The molecule has 0 radical (unpaired) electrons. The normalized spacial score (nSPS) is 12.8. The molecule has 2 amide bonds. The zero-order chi connectivity index (χ0) is 25.6. The van der Waals surface area contributed by atoms with Gasteiger partial charge in [-0.1, -0.05) is 74.5 Å². The van der Waals surface area contributed by atoms with E-state index in [-0.39, 0.29) is 23.9 Å². The van der Waals surface area contributed by atoms with E-state index in [0.717, 1.165) is 23.3 Å². The maximum atomic E-state index is 13.2. The van der Waals surface area contributed by atoms with Crippen LogP contribution in [0.5, 0.6) is 0 Å². The molecule has 0 saturated heterocycles. The van der Waals surface area contributed by atoms with E-state index in [1.807, 2.05) is 72.8 Å². The number of amides is 2. The Morgan fingerprint density at radius 2 is 1.61 bits per heavy atom. The minimum absolute atomic E-state index is 0.0948. The van der Waals surface area contributed by atoms with Gasteiger partial charge in [0.05, 0.1) is 23.8 Å². The van der Waals surface area contributed by atoms with Crippen LogP contribution < -0.4 is 16.0 Å². The zero-order valence-corrected chi connectivity index (χ0v) is 21.9. The third-order valence-electron chi connectivity index (χ3n) is 5.74. The Bertz CT molecular complexity index is 1030. The van der Waals surface area contributed by atoms with Crippen molar-refractivity contribution in [1.29, 1.82) is 0 Å². The second-order valence-corrected chi connectivity index (χ2v) is 10.3. The average Bonchev–Trinajstić information content (AvgIpc) is 3.39. The van der Waals surface area contributed by atoms with Crippen molar-refractivity contribution in [2.24, 2.45) is 5.92 Å². The highest BCUT2D eigenvalue weighted by Gasteiger charge is 2.22. The molecule has 3 N–H and O–H groups in total. The highest BCUT2D eigenvalue weighted by atomic mass is 32.2. The first kappa shape index (κ1) is 27.6. The van der Waals surface area contributed by atoms with E-state index in [1.54, 1.807) is 18.0 Å². The average molecular weight is 508 g/mol. The van der Waals surface area contributed by atoms with Crippen LogP contribution in [-0.4, -0.2) is 36.2 Å². The number of hydrogen-bond donors (Lipinski definition) is 3. The van der Waals surface area contributed by atoms with Crippen LogP contribution in [0, 0.1) is 5.92 Å². The number of benzene rings is 2. The lowest BCUT2D eigenvalue weighted by molar-refractivity contribution is -0.118. The lowest BCUT2D eigenvalue weighted by Crippen LogP contribution is -2.50. The van der Waals surface area contributed by atoms with Crippen LogP contribution in [0.15, 0.2) is 83.5 Å². The first-order valence-electron chi connectivity index (χ1n) is 12.5. The highest BCUT2D eigenvalue weighted by molar-refractivity contribution is 7.99. The fourth-order valence-corrected chi connectivity index (χ4v) is 4.83. The third kappa shape index (κ3) is 10.3. The van der Waals surface area contributed by atoms with Crippen molar-refractivity contribution in [2.75, 3.05) is 12.3 Å². The van der Waals surface area contributed by atoms with Crippen LogP contribution in [0.3, 0.4) is 0 Å². The molecule has 1 aromatic heterocycles. The van der Waals surface area contributed by atoms with Gasteiger partial charge >= 0.3 is 6.03 Å². The first-order chi connectivity index (χ1) is 17.5. The number of urea groups is 1. The molecule has 2 atom stereocenters. The van der Waals surface area contributed by atoms with Crippen LogP contribution in [0.25, 0.3) is 0 Å². The second kappa shape index (κ2) is 15.2. The molecule has 0 aliphatic rings. The number of nitrogens with one attached hydrogen (secondary N) is 3. The molecular formula is C29H37N3O3S. The number of rotatable bonds is 15. The van der Waals surface area contributed by atoms with Crippen molar-refractivity contribution in [3.63, 3.8) is 0 Å². The number of furan rings is 1. The molecule has 0 saturated carbocycles. The van der Waals surface area contributed by atoms with E-state index in [4.69, 9.17) is 4.42 Å². The van der Waals surface area contributed by atoms with E-state index >= 15 is 0 Å². The molecule has 3 rings (SSSR count). The number of hydrogen-bond acceptors (Lipinski definition) is 5. The molecule has 3 aromatic rings. The summed E-state index contributed by atoms with van der Waals surface area (Å²) in [6.07, 6.45) is 3.07. The van der Waals surface area contributed by atoms with Crippen LogP contribution in [0.1, 0.15) is 37.2 Å². The number of thioether (sulfide) groups is 1. The van der Waals surface area contributed by atoms with Gasteiger partial charge in [-0.05, 0) is 42.0 Å². The maximum absolute atomic E-state index is 13.2. The SMILES string of the molecule is CC(C)CC(CNC(Cc1ccccc1)C(=O)CSCc1ccco1)NC(=O)NCc1ccccc1. The monoisotopic (exact) mass is 507 g/mol. The summed E-state index contributed by atoms with van der Waals surface area (Å²) in [6.45, 7) is 5.25. The molecule has 0 fully saturated rings. The Kier molecular flexibility index (Phi) is 11.6. The van der Waals surface area contributed by atoms with Gasteiger partial charge in [0.1, 0.15) is 5.76 Å². The molecule has 6 nitrogen and oxygen atoms in total. The number of carbonyl (C=O) groups is 2. The third-order valence-corrected chi connectivity index (χ3v) is 6.72. The molecule has 192 valence electrons. The topological polar surface area (TPSA) is 83.4 Å². The summed E-state index contributed by atoms with van der Waals surface area (Å²) in [4.78, 5) is 25.8. The fourth-order valence-electron chi connectivity index (χ4n) is 3.96. The van der Waals surface area contributed by atoms with Gasteiger partial charge in [0.25, 0.3) is 0 Å². The number of Topliss-reactive ketones (excluding diaryl/α,β-unsaturated/α-hetero) is 1. The molecule has 2 aromatic carbocycles. The Morgan fingerprint density at radius 3 is 2.25 bits per heavy atom. The largest absolute Gasteiger partial charge is 0.468 e. The summed E-state index contributed by atoms with van der Waals surface area (Å²) in [6, 6.07) is 23.0. The molecule has 0 aliphatic carbocycles. The van der Waals surface area contributed by atoms with E-state index in [0.29, 0.717) is 36.9 Å². The predicted molar refractivity (Wildman–Crippen MR) is 147 cm³/mol. The quantitative estimate of drug-likeness (QED) is 0.263. The molecular weight excluding hydrogens is 470 g/mol. The zero-order valence-electron chi connectivity index (χ0n) is 21.1. The molecule has 7 heteroatoms. The van der Waals surface area contributed by atoms with Gasteiger partial charge in [-0.15, -0.1) is 11.8 Å².